The number of aliphatic carboxylic acids is 1. The van der Waals surface area contributed by atoms with Gasteiger partial charge in [-0.2, -0.15) is 0 Å². The van der Waals surface area contributed by atoms with Gasteiger partial charge in [0.25, 0.3) is 0 Å². The summed E-state index contributed by atoms with van der Waals surface area (Å²) in [5, 5.41) is 17.2. The molecule has 0 bridgehead atoms. The highest BCUT2D eigenvalue weighted by Gasteiger charge is 2.15. The maximum atomic E-state index is 13.5. The van der Waals surface area contributed by atoms with Gasteiger partial charge in [-0.1, -0.05) is 18.7 Å². The Morgan fingerprint density at radius 3 is 2.75 bits per heavy atom. The number of carboxylic acids is 1. The van der Waals surface area contributed by atoms with E-state index in [1.54, 1.807) is 11.5 Å². The zero-order valence-electron chi connectivity index (χ0n) is 11.1. The summed E-state index contributed by atoms with van der Waals surface area (Å²) in [4.78, 5) is 10.7. The normalized spacial score (nSPS) is 10.8. The van der Waals surface area contributed by atoms with Gasteiger partial charge in [0, 0.05) is 6.42 Å². The summed E-state index contributed by atoms with van der Waals surface area (Å²) in [6.07, 6.45) is 0.621. The molecule has 7 heteroatoms. The van der Waals surface area contributed by atoms with Gasteiger partial charge in [0.2, 0.25) is 0 Å². The van der Waals surface area contributed by atoms with Crippen molar-refractivity contribution in [1.82, 2.24) is 14.8 Å². The Labute approximate surface area is 119 Å². The summed E-state index contributed by atoms with van der Waals surface area (Å²) in [5.74, 6) is -0.721. The smallest absolute Gasteiger partial charge is 0.313 e. The molecule has 0 aliphatic heterocycles. The van der Waals surface area contributed by atoms with Crippen molar-refractivity contribution in [2.24, 2.45) is 0 Å². The Balaban J connectivity index is 2.47. The van der Waals surface area contributed by atoms with Crippen LogP contribution in [-0.4, -0.2) is 31.6 Å². The molecule has 0 spiro atoms. The van der Waals surface area contributed by atoms with Crippen molar-refractivity contribution in [2.75, 3.05) is 5.75 Å². The Kier molecular flexibility index (Phi) is 4.39. The lowest BCUT2D eigenvalue weighted by Gasteiger charge is -2.10. The van der Waals surface area contributed by atoms with Crippen LogP contribution in [0.1, 0.15) is 18.3 Å². The number of hydrogen-bond donors (Lipinski definition) is 1. The van der Waals surface area contributed by atoms with Crippen molar-refractivity contribution in [3.05, 3.63) is 35.4 Å². The third-order valence-corrected chi connectivity index (χ3v) is 3.54. The first-order valence-electron chi connectivity index (χ1n) is 6.07. The van der Waals surface area contributed by atoms with Gasteiger partial charge in [-0.3, -0.25) is 9.36 Å². The van der Waals surface area contributed by atoms with E-state index in [4.69, 9.17) is 5.11 Å². The molecule has 1 aromatic carbocycles. The SMILES string of the molecule is CCc1nnc(SCC(=O)O)n1-c1cc(C)cc(F)c1. The molecule has 0 unspecified atom stereocenters. The van der Waals surface area contributed by atoms with Crippen LogP contribution in [0.5, 0.6) is 0 Å². The fraction of sp³-hybridized carbons (Fsp3) is 0.308. The summed E-state index contributed by atoms with van der Waals surface area (Å²) < 4.78 is 15.2. The fourth-order valence-electron chi connectivity index (χ4n) is 1.85. The first-order valence-corrected chi connectivity index (χ1v) is 7.06. The zero-order valence-corrected chi connectivity index (χ0v) is 11.9. The molecule has 0 saturated carbocycles. The van der Waals surface area contributed by atoms with Crippen molar-refractivity contribution in [1.29, 1.82) is 0 Å². The molecule has 0 amide bonds. The highest BCUT2D eigenvalue weighted by atomic mass is 32.2. The van der Waals surface area contributed by atoms with Crippen LogP contribution in [0.2, 0.25) is 0 Å². The quantitative estimate of drug-likeness (QED) is 0.858. The zero-order chi connectivity index (χ0) is 14.7. The van der Waals surface area contributed by atoms with Crippen molar-refractivity contribution in [3.63, 3.8) is 0 Å². The number of carbonyl (C=O) groups is 1. The third kappa shape index (κ3) is 3.16. The predicted molar refractivity (Wildman–Crippen MR) is 73.8 cm³/mol. The first-order chi connectivity index (χ1) is 9.51. The van der Waals surface area contributed by atoms with Crippen molar-refractivity contribution >= 4 is 17.7 Å². The van der Waals surface area contributed by atoms with E-state index in [0.29, 0.717) is 23.1 Å². The second-order valence-corrected chi connectivity index (χ2v) is 5.20. The fourth-order valence-corrected chi connectivity index (χ4v) is 2.55. The Morgan fingerprint density at radius 1 is 1.40 bits per heavy atom. The van der Waals surface area contributed by atoms with Gasteiger partial charge in [0.15, 0.2) is 5.16 Å². The minimum absolute atomic E-state index is 0.115. The summed E-state index contributed by atoms with van der Waals surface area (Å²) in [6.45, 7) is 3.71. The molecular weight excluding hydrogens is 281 g/mol. The molecule has 2 aromatic rings. The van der Waals surface area contributed by atoms with Crippen LogP contribution >= 0.6 is 11.8 Å². The molecule has 106 valence electrons. The van der Waals surface area contributed by atoms with Gasteiger partial charge in [-0.15, -0.1) is 10.2 Å². The maximum Gasteiger partial charge on any atom is 0.313 e. The van der Waals surface area contributed by atoms with E-state index in [0.717, 1.165) is 17.3 Å². The van der Waals surface area contributed by atoms with E-state index in [1.807, 2.05) is 13.0 Å². The lowest BCUT2D eigenvalue weighted by atomic mass is 10.2. The van der Waals surface area contributed by atoms with Gasteiger partial charge >= 0.3 is 5.97 Å². The largest absolute Gasteiger partial charge is 0.481 e. The lowest BCUT2D eigenvalue weighted by molar-refractivity contribution is -0.133. The van der Waals surface area contributed by atoms with E-state index in [1.165, 1.54) is 12.1 Å². The van der Waals surface area contributed by atoms with Gasteiger partial charge in [-0.25, -0.2) is 4.39 Å². The van der Waals surface area contributed by atoms with E-state index in [2.05, 4.69) is 10.2 Å². The molecular formula is C13H14FN3O2S. The van der Waals surface area contributed by atoms with Gasteiger partial charge in [-0.05, 0) is 30.7 Å². The second-order valence-electron chi connectivity index (χ2n) is 4.26. The van der Waals surface area contributed by atoms with Gasteiger partial charge < -0.3 is 5.11 Å². The predicted octanol–water partition coefficient (Wildman–Crippen LogP) is 2.45. The molecule has 20 heavy (non-hydrogen) atoms. The number of thioether (sulfide) groups is 1. The van der Waals surface area contributed by atoms with Crippen molar-refractivity contribution in [2.45, 2.75) is 25.4 Å². The number of rotatable bonds is 5. The molecule has 0 saturated heterocycles. The molecule has 0 aliphatic carbocycles. The minimum atomic E-state index is -0.932. The molecule has 0 fully saturated rings. The average Bonchev–Trinajstić information content (AvgIpc) is 2.77. The minimum Gasteiger partial charge on any atom is -0.481 e. The van der Waals surface area contributed by atoms with E-state index < -0.39 is 5.97 Å². The molecule has 2 rings (SSSR count). The molecule has 5 nitrogen and oxygen atoms in total. The highest BCUT2D eigenvalue weighted by molar-refractivity contribution is 7.99. The Bertz CT molecular complexity index is 622. The third-order valence-electron chi connectivity index (χ3n) is 2.63. The molecule has 1 heterocycles. The molecule has 1 aromatic heterocycles. The number of aryl methyl sites for hydroxylation is 2. The monoisotopic (exact) mass is 295 g/mol. The first kappa shape index (κ1) is 14.5. The molecule has 0 radical (unpaired) electrons. The Hall–Kier alpha value is -1.89. The van der Waals surface area contributed by atoms with Crippen LogP contribution in [0.15, 0.2) is 23.4 Å². The van der Waals surface area contributed by atoms with Crippen LogP contribution in [-0.2, 0) is 11.2 Å². The number of nitrogens with zero attached hydrogens (tertiary/aromatic N) is 3. The van der Waals surface area contributed by atoms with Gasteiger partial charge in [0.1, 0.15) is 11.6 Å². The van der Waals surface area contributed by atoms with E-state index >= 15 is 0 Å². The summed E-state index contributed by atoms with van der Waals surface area (Å²) >= 11 is 1.07. The van der Waals surface area contributed by atoms with E-state index in [9.17, 15) is 9.18 Å². The van der Waals surface area contributed by atoms with Crippen LogP contribution in [0.25, 0.3) is 5.69 Å². The second kappa shape index (κ2) is 6.04. The van der Waals surface area contributed by atoms with Crippen molar-refractivity contribution in [3.8, 4) is 5.69 Å². The maximum absolute atomic E-state index is 13.5. The van der Waals surface area contributed by atoms with E-state index in [-0.39, 0.29) is 11.6 Å². The Morgan fingerprint density at radius 2 is 2.15 bits per heavy atom. The average molecular weight is 295 g/mol. The summed E-state index contributed by atoms with van der Waals surface area (Å²) in [7, 11) is 0. The van der Waals surface area contributed by atoms with Crippen LogP contribution in [0, 0.1) is 12.7 Å². The molecule has 1 N–H and O–H groups in total. The van der Waals surface area contributed by atoms with Gasteiger partial charge in [0.05, 0.1) is 11.4 Å². The highest BCUT2D eigenvalue weighted by Crippen LogP contribution is 2.23. The molecule has 0 aliphatic rings. The topological polar surface area (TPSA) is 68.0 Å². The number of benzene rings is 1. The number of halogens is 1. The standard InChI is InChI=1S/C13H14FN3O2S/c1-3-11-15-16-13(20-7-12(18)19)17(11)10-5-8(2)4-9(14)6-10/h4-6H,3,7H2,1-2H3,(H,18,19). The molecule has 0 atom stereocenters. The summed E-state index contributed by atoms with van der Waals surface area (Å²) in [6, 6.07) is 4.64. The van der Waals surface area contributed by atoms with Crippen molar-refractivity contribution < 1.29 is 14.3 Å². The number of carboxylic acid groups (broad SMARTS) is 1. The van der Waals surface area contributed by atoms with Crippen LogP contribution < -0.4 is 0 Å². The number of hydrogen-bond acceptors (Lipinski definition) is 4. The number of aromatic nitrogens is 3. The summed E-state index contributed by atoms with van der Waals surface area (Å²) in [5.41, 5.74) is 1.39. The van der Waals surface area contributed by atoms with Crippen LogP contribution in [0.4, 0.5) is 4.39 Å². The van der Waals surface area contributed by atoms with Crippen LogP contribution in [0.3, 0.4) is 0 Å². The lowest BCUT2D eigenvalue weighted by Crippen LogP contribution is -2.05.